The van der Waals surface area contributed by atoms with Crippen LogP contribution in [0.5, 0.6) is 5.88 Å². The molecule has 4 heterocycles. The summed E-state index contributed by atoms with van der Waals surface area (Å²) >= 11 is 1.48. The molecule has 0 aliphatic heterocycles. The van der Waals surface area contributed by atoms with Crippen LogP contribution in [0.3, 0.4) is 0 Å². The molecular formula is C15H12N6OS. The van der Waals surface area contributed by atoms with Gasteiger partial charge in [-0.15, -0.1) is 0 Å². The summed E-state index contributed by atoms with van der Waals surface area (Å²) in [4.78, 5) is 13.6. The highest BCUT2D eigenvalue weighted by Crippen LogP contribution is 2.30. The lowest BCUT2D eigenvalue weighted by Crippen LogP contribution is -1.95. The van der Waals surface area contributed by atoms with Crippen LogP contribution in [0.1, 0.15) is 0 Å². The number of pyridine rings is 2. The maximum Gasteiger partial charge on any atom is 0.236 e. The molecule has 0 saturated carbocycles. The summed E-state index contributed by atoms with van der Waals surface area (Å²) < 4.78 is 6.83. The number of methoxy groups -OCH3 is 1. The number of ether oxygens (including phenoxy) is 1. The molecule has 2 N–H and O–H groups in total. The molecule has 7 nitrogen and oxygen atoms in total. The van der Waals surface area contributed by atoms with Crippen LogP contribution in [0.25, 0.3) is 26.8 Å². The van der Waals surface area contributed by atoms with Gasteiger partial charge in [0, 0.05) is 29.7 Å². The Hall–Kier alpha value is -3.00. The minimum Gasteiger partial charge on any atom is -0.480 e. The smallest absolute Gasteiger partial charge is 0.236 e. The van der Waals surface area contributed by atoms with E-state index in [1.54, 1.807) is 29.2 Å². The van der Waals surface area contributed by atoms with Crippen molar-refractivity contribution in [1.82, 2.24) is 24.6 Å². The maximum atomic E-state index is 5.90. The van der Waals surface area contributed by atoms with Crippen LogP contribution in [-0.2, 0) is 0 Å². The fraction of sp³-hybridized carbons (Fsp3) is 0.0667. The van der Waals surface area contributed by atoms with Crippen molar-refractivity contribution in [3.63, 3.8) is 0 Å². The van der Waals surface area contributed by atoms with Gasteiger partial charge in [-0.3, -0.25) is 4.98 Å². The van der Waals surface area contributed by atoms with Gasteiger partial charge in [0.2, 0.25) is 10.8 Å². The Bertz CT molecular complexity index is 947. The van der Waals surface area contributed by atoms with Gasteiger partial charge in [0.1, 0.15) is 5.01 Å². The Labute approximate surface area is 135 Å². The zero-order chi connectivity index (χ0) is 15.8. The van der Waals surface area contributed by atoms with E-state index in [1.807, 2.05) is 18.3 Å². The van der Waals surface area contributed by atoms with Crippen molar-refractivity contribution in [2.75, 3.05) is 12.8 Å². The first-order valence-electron chi connectivity index (χ1n) is 6.81. The molecule has 0 unspecified atom stereocenters. The second kappa shape index (κ2) is 5.33. The van der Waals surface area contributed by atoms with Crippen LogP contribution in [-0.4, -0.2) is 31.7 Å². The second-order valence-corrected chi connectivity index (χ2v) is 5.77. The van der Waals surface area contributed by atoms with Crippen LogP contribution in [0.2, 0.25) is 0 Å². The molecule has 4 rings (SSSR count). The van der Waals surface area contributed by atoms with Gasteiger partial charge < -0.3 is 10.5 Å². The van der Waals surface area contributed by atoms with Gasteiger partial charge in [-0.2, -0.15) is 5.10 Å². The number of anilines is 1. The summed E-state index contributed by atoms with van der Waals surface area (Å²) in [6.45, 7) is 0. The highest BCUT2D eigenvalue weighted by atomic mass is 32.1. The van der Waals surface area contributed by atoms with Crippen LogP contribution >= 0.6 is 11.3 Å². The van der Waals surface area contributed by atoms with E-state index in [-0.39, 0.29) is 0 Å². The normalized spacial score (nSPS) is 11.0. The lowest BCUT2D eigenvalue weighted by Gasteiger charge is -2.03. The molecule has 0 fully saturated rings. The van der Waals surface area contributed by atoms with Gasteiger partial charge in [-0.1, -0.05) is 11.3 Å². The van der Waals surface area contributed by atoms with Crippen molar-refractivity contribution in [3.8, 4) is 27.7 Å². The van der Waals surface area contributed by atoms with Crippen LogP contribution < -0.4 is 10.5 Å². The first-order valence-corrected chi connectivity index (χ1v) is 7.63. The predicted molar refractivity (Wildman–Crippen MR) is 88.3 cm³/mol. The van der Waals surface area contributed by atoms with Crippen LogP contribution in [0.4, 0.5) is 5.69 Å². The standard InChI is InChI=1S/C15H12N6OS/c1-22-13-11(16)6-10(7-18-13)14-20-21-8-12(19-15(21)23-14)9-2-4-17-5-3-9/h2-8H,16H2,1H3. The van der Waals surface area contributed by atoms with Crippen LogP contribution in [0.15, 0.2) is 43.0 Å². The fourth-order valence-corrected chi connectivity index (χ4v) is 3.10. The number of hydrogen-bond acceptors (Lipinski definition) is 7. The van der Waals surface area contributed by atoms with Crippen molar-refractivity contribution >= 4 is 22.0 Å². The summed E-state index contributed by atoms with van der Waals surface area (Å²) in [5, 5.41) is 5.35. The van der Waals surface area contributed by atoms with Gasteiger partial charge in [0.25, 0.3) is 0 Å². The zero-order valence-electron chi connectivity index (χ0n) is 12.2. The Morgan fingerprint density at radius 1 is 1.22 bits per heavy atom. The molecule has 8 heteroatoms. The van der Waals surface area contributed by atoms with Gasteiger partial charge in [0.15, 0.2) is 0 Å². The number of hydrogen-bond donors (Lipinski definition) is 1. The maximum absolute atomic E-state index is 5.90. The number of nitrogens with two attached hydrogens (primary N) is 1. The van der Waals surface area contributed by atoms with E-state index in [1.165, 1.54) is 18.4 Å². The Morgan fingerprint density at radius 2 is 2.04 bits per heavy atom. The highest BCUT2D eigenvalue weighted by molar-refractivity contribution is 7.19. The molecule has 0 aliphatic rings. The third-order valence-electron chi connectivity index (χ3n) is 3.34. The largest absolute Gasteiger partial charge is 0.480 e. The average molecular weight is 324 g/mol. The van der Waals surface area contributed by atoms with Crippen molar-refractivity contribution < 1.29 is 4.74 Å². The molecule has 0 bridgehead atoms. The van der Waals surface area contributed by atoms with Gasteiger partial charge in [0.05, 0.1) is 24.7 Å². The van der Waals surface area contributed by atoms with Crippen molar-refractivity contribution in [3.05, 3.63) is 43.0 Å². The zero-order valence-corrected chi connectivity index (χ0v) is 13.0. The lowest BCUT2D eigenvalue weighted by molar-refractivity contribution is 0.400. The molecule has 0 amide bonds. The van der Waals surface area contributed by atoms with Crippen LogP contribution in [0, 0.1) is 0 Å². The van der Waals surface area contributed by atoms with E-state index in [9.17, 15) is 0 Å². The SMILES string of the molecule is COc1ncc(-c2nn3cc(-c4ccncc4)nc3s2)cc1N. The summed E-state index contributed by atoms with van der Waals surface area (Å²) in [7, 11) is 1.54. The Balaban J connectivity index is 1.73. The van der Waals surface area contributed by atoms with Gasteiger partial charge in [-0.25, -0.2) is 14.5 Å². The summed E-state index contributed by atoms with van der Waals surface area (Å²) in [5.41, 5.74) is 9.09. The van der Waals surface area contributed by atoms with E-state index in [2.05, 4.69) is 20.1 Å². The number of imidazole rings is 1. The molecule has 4 aromatic rings. The van der Waals surface area contributed by atoms with E-state index < -0.39 is 0 Å². The lowest BCUT2D eigenvalue weighted by atomic mass is 10.2. The Morgan fingerprint density at radius 3 is 2.74 bits per heavy atom. The van der Waals surface area contributed by atoms with E-state index in [4.69, 9.17) is 10.5 Å². The Kier molecular flexibility index (Phi) is 3.16. The number of nitrogen functional groups attached to an aromatic ring is 1. The monoisotopic (exact) mass is 324 g/mol. The van der Waals surface area contributed by atoms with Crippen molar-refractivity contribution in [1.29, 1.82) is 0 Å². The topological polar surface area (TPSA) is 91.2 Å². The second-order valence-electron chi connectivity index (χ2n) is 4.82. The molecule has 23 heavy (non-hydrogen) atoms. The molecule has 0 saturated heterocycles. The first kappa shape index (κ1) is 13.6. The van der Waals surface area contributed by atoms with Gasteiger partial charge >= 0.3 is 0 Å². The number of rotatable bonds is 3. The first-order chi connectivity index (χ1) is 11.2. The summed E-state index contributed by atoms with van der Waals surface area (Å²) in [6.07, 6.45) is 7.07. The number of aromatic nitrogens is 5. The van der Waals surface area contributed by atoms with E-state index >= 15 is 0 Å². The van der Waals surface area contributed by atoms with E-state index in [0.29, 0.717) is 11.6 Å². The third-order valence-corrected chi connectivity index (χ3v) is 4.31. The number of fused-ring (bicyclic) bond motifs is 1. The average Bonchev–Trinajstić information content (AvgIpc) is 3.14. The molecule has 0 atom stereocenters. The third kappa shape index (κ3) is 2.38. The van der Waals surface area contributed by atoms with Gasteiger partial charge in [-0.05, 0) is 18.2 Å². The molecule has 0 spiro atoms. The molecular weight excluding hydrogens is 312 g/mol. The minimum absolute atomic E-state index is 0.412. The van der Waals surface area contributed by atoms with Crippen molar-refractivity contribution in [2.24, 2.45) is 0 Å². The predicted octanol–water partition coefficient (Wildman–Crippen LogP) is 2.51. The fourth-order valence-electron chi connectivity index (χ4n) is 2.24. The summed E-state index contributed by atoms with van der Waals surface area (Å²) in [6, 6.07) is 5.64. The highest BCUT2D eigenvalue weighted by Gasteiger charge is 2.12. The molecule has 0 radical (unpaired) electrons. The quantitative estimate of drug-likeness (QED) is 0.622. The molecule has 0 aliphatic carbocycles. The number of nitrogens with zero attached hydrogens (tertiary/aromatic N) is 5. The molecule has 0 aromatic carbocycles. The molecule has 114 valence electrons. The van der Waals surface area contributed by atoms with E-state index in [0.717, 1.165) is 26.8 Å². The summed E-state index contributed by atoms with van der Waals surface area (Å²) in [5.74, 6) is 0.412. The minimum atomic E-state index is 0.412. The molecule has 4 aromatic heterocycles. The van der Waals surface area contributed by atoms with Crippen molar-refractivity contribution in [2.45, 2.75) is 0 Å².